The molecule has 3 rings (SSSR count). The third-order valence-corrected chi connectivity index (χ3v) is 4.75. The number of imidazole rings is 1. The molecule has 0 spiro atoms. The van der Waals surface area contributed by atoms with Crippen molar-refractivity contribution in [3.63, 3.8) is 0 Å². The monoisotopic (exact) mass is 300 g/mol. The van der Waals surface area contributed by atoms with E-state index in [4.69, 9.17) is 0 Å². The van der Waals surface area contributed by atoms with Crippen molar-refractivity contribution in [3.05, 3.63) is 36.3 Å². The highest BCUT2D eigenvalue weighted by Crippen LogP contribution is 2.27. The molecule has 2 aromatic heterocycles. The molecule has 21 heavy (non-hydrogen) atoms. The highest BCUT2D eigenvalue weighted by molar-refractivity contribution is 7.91. The summed E-state index contributed by atoms with van der Waals surface area (Å²) in [4.78, 5) is 13.6. The number of nitrogens with zero attached hydrogens (tertiary/aromatic N) is 4. The first-order valence-corrected chi connectivity index (χ1v) is 8.05. The summed E-state index contributed by atoms with van der Waals surface area (Å²) in [6.07, 6.45) is 3.09. The summed E-state index contributed by atoms with van der Waals surface area (Å²) in [7, 11) is 1.95. The van der Waals surface area contributed by atoms with Gasteiger partial charge in [0.1, 0.15) is 12.1 Å². The predicted octanol–water partition coefficient (Wildman–Crippen LogP) is 2.47. The largest absolute Gasteiger partial charge is 0.611 e. The van der Waals surface area contributed by atoms with E-state index in [0.29, 0.717) is 16.3 Å². The smallest absolute Gasteiger partial charge is 0.200 e. The molecule has 0 amide bonds. The maximum Gasteiger partial charge on any atom is 0.200 e. The van der Waals surface area contributed by atoms with Crippen molar-refractivity contribution in [2.45, 2.75) is 18.7 Å². The molecule has 1 atom stereocenters. The van der Waals surface area contributed by atoms with Gasteiger partial charge in [0.05, 0.1) is 17.2 Å². The van der Waals surface area contributed by atoms with Crippen LogP contribution < -0.4 is 0 Å². The summed E-state index contributed by atoms with van der Waals surface area (Å²) in [5.41, 5.74) is 3.75. The summed E-state index contributed by atoms with van der Waals surface area (Å²) in [6, 6.07) is 6.13. The molecule has 0 radical (unpaired) electrons. The van der Waals surface area contributed by atoms with Crippen LogP contribution in [0.3, 0.4) is 0 Å². The molecule has 108 valence electrons. The van der Waals surface area contributed by atoms with Crippen LogP contribution in [0.4, 0.5) is 0 Å². The molecule has 3 aromatic rings. The molecule has 0 bridgehead atoms. The maximum atomic E-state index is 12.2. The molecule has 2 heterocycles. The molecule has 0 aliphatic rings. The Morgan fingerprint density at radius 2 is 2.14 bits per heavy atom. The molecule has 1 aromatic carbocycles. The molecule has 0 fully saturated rings. The van der Waals surface area contributed by atoms with Crippen molar-refractivity contribution >= 4 is 22.2 Å². The normalized spacial score (nSPS) is 12.8. The van der Waals surface area contributed by atoms with Gasteiger partial charge >= 0.3 is 0 Å². The summed E-state index contributed by atoms with van der Waals surface area (Å²) < 4.78 is 14.2. The van der Waals surface area contributed by atoms with Crippen LogP contribution in [0.2, 0.25) is 0 Å². The first-order chi connectivity index (χ1) is 10.1. The van der Waals surface area contributed by atoms with Crippen molar-refractivity contribution in [2.75, 3.05) is 5.75 Å². The average molecular weight is 300 g/mol. The van der Waals surface area contributed by atoms with Crippen LogP contribution in [0, 0.1) is 6.92 Å². The fourth-order valence-electron chi connectivity index (χ4n) is 2.33. The first-order valence-electron chi connectivity index (χ1n) is 6.73. The van der Waals surface area contributed by atoms with Gasteiger partial charge in [0.2, 0.25) is 0 Å². The van der Waals surface area contributed by atoms with Crippen LogP contribution in [0.25, 0.3) is 22.6 Å². The van der Waals surface area contributed by atoms with Gasteiger partial charge in [0, 0.05) is 7.05 Å². The van der Waals surface area contributed by atoms with Gasteiger partial charge in [0.25, 0.3) is 0 Å². The second kappa shape index (κ2) is 5.46. The van der Waals surface area contributed by atoms with Crippen molar-refractivity contribution in [1.29, 1.82) is 0 Å². The molecule has 0 saturated heterocycles. The zero-order valence-corrected chi connectivity index (χ0v) is 13.0. The molecular weight excluding hydrogens is 284 g/mol. The van der Waals surface area contributed by atoms with Crippen LogP contribution in [0.5, 0.6) is 0 Å². The Labute approximate surface area is 126 Å². The SMILES string of the molecule is CC[S+]([O-])c1cncnc1-c1nc2cc(C)ccc2n1C. The standard InChI is InChI=1S/C15H16N4OS/c1-4-21(20)13-8-16-9-17-14(13)15-18-11-7-10(2)5-6-12(11)19(15)3/h5-9H,4H2,1-3H3. The Balaban J connectivity index is 2.24. The summed E-state index contributed by atoms with van der Waals surface area (Å²) >= 11 is -1.12. The number of hydrogen-bond acceptors (Lipinski definition) is 4. The first kappa shape index (κ1) is 14.0. The summed E-state index contributed by atoms with van der Waals surface area (Å²) in [5, 5.41) is 0. The zero-order chi connectivity index (χ0) is 15.0. The van der Waals surface area contributed by atoms with E-state index in [0.717, 1.165) is 22.4 Å². The molecule has 1 unspecified atom stereocenters. The van der Waals surface area contributed by atoms with Crippen LogP contribution in [0.1, 0.15) is 12.5 Å². The predicted molar refractivity (Wildman–Crippen MR) is 83.4 cm³/mol. The highest BCUT2D eigenvalue weighted by atomic mass is 32.2. The Hall–Kier alpha value is -1.92. The fraction of sp³-hybridized carbons (Fsp3) is 0.267. The number of aryl methyl sites for hydroxylation is 2. The van der Waals surface area contributed by atoms with Gasteiger partial charge in [-0.1, -0.05) is 6.07 Å². The Bertz CT molecular complexity index is 799. The van der Waals surface area contributed by atoms with Gasteiger partial charge < -0.3 is 9.12 Å². The molecule has 0 N–H and O–H groups in total. The fourth-order valence-corrected chi connectivity index (χ4v) is 3.18. The van der Waals surface area contributed by atoms with Crippen LogP contribution >= 0.6 is 0 Å². The molecule has 0 aliphatic carbocycles. The van der Waals surface area contributed by atoms with Gasteiger partial charge in [-0.2, -0.15) is 0 Å². The lowest BCUT2D eigenvalue weighted by Crippen LogP contribution is -2.09. The Kier molecular flexibility index (Phi) is 3.65. The second-order valence-electron chi connectivity index (χ2n) is 4.86. The van der Waals surface area contributed by atoms with Crippen LogP contribution in [-0.2, 0) is 18.2 Å². The number of fused-ring (bicyclic) bond motifs is 1. The van der Waals surface area contributed by atoms with E-state index in [-0.39, 0.29) is 0 Å². The van der Waals surface area contributed by atoms with Gasteiger partial charge in [-0.3, -0.25) is 0 Å². The van der Waals surface area contributed by atoms with Crippen molar-refractivity contribution in [1.82, 2.24) is 19.5 Å². The lowest BCUT2D eigenvalue weighted by atomic mass is 10.2. The Morgan fingerprint density at radius 3 is 2.90 bits per heavy atom. The van der Waals surface area contributed by atoms with E-state index in [9.17, 15) is 4.55 Å². The van der Waals surface area contributed by atoms with Crippen molar-refractivity contribution in [2.24, 2.45) is 7.05 Å². The van der Waals surface area contributed by atoms with Crippen molar-refractivity contribution in [3.8, 4) is 11.5 Å². The lowest BCUT2D eigenvalue weighted by Gasteiger charge is -2.10. The van der Waals surface area contributed by atoms with Crippen molar-refractivity contribution < 1.29 is 4.55 Å². The van der Waals surface area contributed by atoms with Gasteiger partial charge in [-0.15, -0.1) is 0 Å². The highest BCUT2D eigenvalue weighted by Gasteiger charge is 2.21. The van der Waals surface area contributed by atoms with Gasteiger partial charge in [0.15, 0.2) is 16.4 Å². The number of aromatic nitrogens is 4. The number of hydrogen-bond donors (Lipinski definition) is 0. The Morgan fingerprint density at radius 1 is 1.33 bits per heavy atom. The minimum absolute atomic E-state index is 0.531. The van der Waals surface area contributed by atoms with E-state index in [1.807, 2.05) is 37.6 Å². The van der Waals surface area contributed by atoms with E-state index >= 15 is 0 Å². The summed E-state index contributed by atoms with van der Waals surface area (Å²) in [5.74, 6) is 1.25. The molecule has 6 heteroatoms. The minimum atomic E-state index is -1.12. The minimum Gasteiger partial charge on any atom is -0.611 e. The van der Waals surface area contributed by atoms with E-state index in [2.05, 4.69) is 21.0 Å². The molecule has 5 nitrogen and oxygen atoms in total. The van der Waals surface area contributed by atoms with E-state index < -0.39 is 11.2 Å². The van der Waals surface area contributed by atoms with Gasteiger partial charge in [-0.25, -0.2) is 15.0 Å². The molecular formula is C15H16N4OS. The third kappa shape index (κ3) is 2.41. The topological polar surface area (TPSA) is 66.7 Å². The molecule has 0 saturated carbocycles. The average Bonchev–Trinajstić information content (AvgIpc) is 2.82. The summed E-state index contributed by atoms with van der Waals surface area (Å²) in [6.45, 7) is 3.92. The third-order valence-electron chi connectivity index (χ3n) is 3.43. The van der Waals surface area contributed by atoms with Crippen LogP contribution in [-0.4, -0.2) is 29.8 Å². The zero-order valence-electron chi connectivity index (χ0n) is 12.2. The maximum absolute atomic E-state index is 12.2. The quantitative estimate of drug-likeness (QED) is 0.697. The van der Waals surface area contributed by atoms with Crippen LogP contribution in [0.15, 0.2) is 35.6 Å². The number of benzene rings is 1. The van der Waals surface area contributed by atoms with Gasteiger partial charge in [-0.05, 0) is 42.7 Å². The molecule has 0 aliphatic heterocycles. The van der Waals surface area contributed by atoms with E-state index in [1.54, 1.807) is 6.20 Å². The second-order valence-corrected chi connectivity index (χ2v) is 6.56. The number of rotatable bonds is 3. The lowest BCUT2D eigenvalue weighted by molar-refractivity contribution is 0.595. The van der Waals surface area contributed by atoms with E-state index in [1.165, 1.54) is 6.33 Å².